The number of carboxylic acid groups (broad SMARTS) is 1. The first-order valence-electron chi connectivity index (χ1n) is 9.51. The number of allylic oxidation sites excluding steroid dienone is 2. The second-order valence-electron chi connectivity index (χ2n) is 7.81. The number of likely N-dealkylation sites (tertiary alicyclic amines) is 1. The highest BCUT2D eigenvalue weighted by Gasteiger charge is 2.60. The maximum atomic E-state index is 12.8. The van der Waals surface area contributed by atoms with Crippen LogP contribution >= 0.6 is 0 Å². The Bertz CT molecular complexity index is 835. The van der Waals surface area contributed by atoms with Gasteiger partial charge in [-0.2, -0.15) is 0 Å². The molecular weight excluding hydrogens is 360 g/mol. The largest absolute Gasteiger partial charge is 0.480 e. The van der Waals surface area contributed by atoms with Gasteiger partial charge in [0.1, 0.15) is 12.1 Å². The summed E-state index contributed by atoms with van der Waals surface area (Å²) in [4.78, 5) is 51.0. The smallest absolute Gasteiger partial charge is 0.326 e. The number of fused-ring (bicyclic) bond motifs is 5. The first kappa shape index (κ1) is 18.4. The van der Waals surface area contributed by atoms with Gasteiger partial charge in [0.15, 0.2) is 0 Å². The molecule has 7 heteroatoms. The summed E-state index contributed by atoms with van der Waals surface area (Å²) in [6, 6.07) is 6.79. The Balaban J connectivity index is 1.46. The first-order valence-corrected chi connectivity index (χ1v) is 9.51. The van der Waals surface area contributed by atoms with Crippen molar-refractivity contribution in [3.8, 4) is 0 Å². The molecule has 0 aromatic heterocycles. The van der Waals surface area contributed by atoms with Crippen LogP contribution in [0.4, 0.5) is 0 Å². The Morgan fingerprint density at radius 2 is 1.68 bits per heavy atom. The van der Waals surface area contributed by atoms with E-state index in [2.05, 4.69) is 5.32 Å². The topological polar surface area (TPSA) is 104 Å². The fourth-order valence-electron chi connectivity index (χ4n) is 4.77. The van der Waals surface area contributed by atoms with E-state index in [0.29, 0.717) is 0 Å². The molecule has 3 aliphatic rings. The van der Waals surface area contributed by atoms with E-state index in [1.54, 1.807) is 24.3 Å². The van der Waals surface area contributed by atoms with E-state index in [-0.39, 0.29) is 41.9 Å². The number of benzene rings is 1. The van der Waals surface area contributed by atoms with Crippen molar-refractivity contribution in [2.45, 2.75) is 31.8 Å². The molecule has 0 radical (unpaired) electrons. The Hall–Kier alpha value is -2.96. The van der Waals surface area contributed by atoms with E-state index < -0.39 is 24.0 Å². The second-order valence-corrected chi connectivity index (χ2v) is 7.81. The van der Waals surface area contributed by atoms with Crippen LogP contribution in [0, 0.1) is 23.7 Å². The fourth-order valence-corrected chi connectivity index (χ4v) is 4.77. The van der Waals surface area contributed by atoms with Crippen LogP contribution in [-0.4, -0.2) is 45.8 Å². The quantitative estimate of drug-likeness (QED) is 0.564. The molecule has 1 aromatic rings. The van der Waals surface area contributed by atoms with Crippen molar-refractivity contribution in [2.75, 3.05) is 0 Å². The lowest BCUT2D eigenvalue weighted by Gasteiger charge is -2.25. The highest BCUT2D eigenvalue weighted by Crippen LogP contribution is 2.52. The van der Waals surface area contributed by atoms with E-state index in [1.165, 1.54) is 6.92 Å². The van der Waals surface area contributed by atoms with Gasteiger partial charge in [0.25, 0.3) is 0 Å². The molecule has 2 fully saturated rings. The minimum absolute atomic E-state index is 0.0663. The van der Waals surface area contributed by atoms with Crippen molar-refractivity contribution >= 4 is 23.7 Å². The SMILES string of the molecule is CC(C(=O)NC(Cc1ccccc1)C(=O)O)N1C(=O)C2C3C=CC(C3)C2C1=O. The molecule has 1 saturated carbocycles. The van der Waals surface area contributed by atoms with Gasteiger partial charge in [0.2, 0.25) is 17.7 Å². The van der Waals surface area contributed by atoms with E-state index in [1.807, 2.05) is 18.2 Å². The minimum atomic E-state index is -1.16. The van der Waals surface area contributed by atoms with E-state index in [0.717, 1.165) is 16.9 Å². The summed E-state index contributed by atoms with van der Waals surface area (Å²) in [5, 5.41) is 12.0. The highest BCUT2D eigenvalue weighted by atomic mass is 16.4. The summed E-state index contributed by atoms with van der Waals surface area (Å²) in [6.45, 7) is 1.48. The summed E-state index contributed by atoms with van der Waals surface area (Å²) in [7, 11) is 0. The fraction of sp³-hybridized carbons (Fsp3) is 0.429. The van der Waals surface area contributed by atoms with Gasteiger partial charge in [-0.1, -0.05) is 42.5 Å². The number of nitrogens with one attached hydrogen (secondary N) is 1. The summed E-state index contributed by atoms with van der Waals surface area (Å²) in [5.41, 5.74) is 0.772. The van der Waals surface area contributed by atoms with E-state index in [9.17, 15) is 24.3 Å². The predicted octanol–water partition coefficient (Wildman–Crippen LogP) is 0.994. The number of carboxylic acids is 1. The number of hydrogen-bond donors (Lipinski definition) is 2. The number of carbonyl (C=O) groups excluding carboxylic acids is 3. The van der Waals surface area contributed by atoms with Crippen LogP contribution < -0.4 is 5.32 Å². The van der Waals surface area contributed by atoms with Gasteiger partial charge in [-0.25, -0.2) is 4.79 Å². The zero-order valence-electron chi connectivity index (χ0n) is 15.4. The molecule has 28 heavy (non-hydrogen) atoms. The second kappa shape index (κ2) is 6.89. The minimum Gasteiger partial charge on any atom is -0.480 e. The zero-order chi connectivity index (χ0) is 20.0. The summed E-state index contributed by atoms with van der Waals surface area (Å²) in [6.07, 6.45) is 4.92. The van der Waals surface area contributed by atoms with Crippen LogP contribution in [0.3, 0.4) is 0 Å². The number of carbonyl (C=O) groups is 4. The third-order valence-electron chi connectivity index (χ3n) is 6.17. The van der Waals surface area contributed by atoms with Crippen LogP contribution in [0.25, 0.3) is 0 Å². The van der Waals surface area contributed by atoms with Crippen molar-refractivity contribution in [1.29, 1.82) is 0 Å². The van der Waals surface area contributed by atoms with Crippen LogP contribution in [-0.2, 0) is 25.6 Å². The van der Waals surface area contributed by atoms with Gasteiger partial charge < -0.3 is 10.4 Å². The van der Waals surface area contributed by atoms with Gasteiger partial charge in [0, 0.05) is 6.42 Å². The standard InChI is InChI=1S/C21H22N2O5/c1-11(18(24)22-15(21(27)28)9-12-5-3-2-4-6-12)23-19(25)16-13-7-8-14(10-13)17(16)20(23)26/h2-8,11,13-17H,9-10H2,1H3,(H,22,24)(H,27,28). The molecule has 2 bridgehead atoms. The average molecular weight is 382 g/mol. The van der Waals surface area contributed by atoms with Crippen LogP contribution in [0.5, 0.6) is 0 Å². The summed E-state index contributed by atoms with van der Waals surface area (Å²) >= 11 is 0. The van der Waals surface area contributed by atoms with Crippen LogP contribution in [0.1, 0.15) is 18.9 Å². The molecule has 4 rings (SSSR count). The molecule has 6 unspecified atom stereocenters. The maximum absolute atomic E-state index is 12.8. The van der Waals surface area contributed by atoms with Gasteiger partial charge in [0.05, 0.1) is 11.8 Å². The molecule has 3 amide bonds. The molecule has 2 N–H and O–H groups in total. The van der Waals surface area contributed by atoms with Crippen LogP contribution in [0.15, 0.2) is 42.5 Å². The summed E-state index contributed by atoms with van der Waals surface area (Å²) in [5.74, 6) is -3.05. The lowest BCUT2D eigenvalue weighted by molar-refractivity contribution is -0.149. The Labute approximate surface area is 162 Å². The molecule has 6 atom stereocenters. The zero-order valence-corrected chi connectivity index (χ0v) is 15.4. The normalized spacial score (nSPS) is 29.7. The molecule has 1 heterocycles. The highest BCUT2D eigenvalue weighted by molar-refractivity contribution is 6.09. The maximum Gasteiger partial charge on any atom is 0.326 e. The monoisotopic (exact) mass is 382 g/mol. The molecule has 1 aliphatic heterocycles. The number of rotatable bonds is 6. The average Bonchev–Trinajstić information content (AvgIpc) is 3.35. The predicted molar refractivity (Wildman–Crippen MR) is 98.7 cm³/mol. The number of aliphatic carboxylic acids is 1. The van der Waals surface area contributed by atoms with Crippen molar-refractivity contribution in [3.05, 3.63) is 48.0 Å². The first-order chi connectivity index (χ1) is 13.4. The lowest BCUT2D eigenvalue weighted by atomic mass is 9.85. The van der Waals surface area contributed by atoms with Crippen molar-refractivity contribution in [3.63, 3.8) is 0 Å². The Morgan fingerprint density at radius 3 is 2.21 bits per heavy atom. The van der Waals surface area contributed by atoms with Gasteiger partial charge in [-0.05, 0) is 30.7 Å². The number of amides is 3. The number of hydrogen-bond acceptors (Lipinski definition) is 4. The van der Waals surface area contributed by atoms with Crippen molar-refractivity contribution in [2.24, 2.45) is 23.7 Å². The molecule has 0 spiro atoms. The van der Waals surface area contributed by atoms with E-state index in [4.69, 9.17) is 0 Å². The van der Waals surface area contributed by atoms with Crippen molar-refractivity contribution < 1.29 is 24.3 Å². The molecule has 2 aliphatic carbocycles. The van der Waals surface area contributed by atoms with Gasteiger partial charge in [-0.15, -0.1) is 0 Å². The molecular formula is C21H22N2O5. The molecule has 7 nitrogen and oxygen atoms in total. The van der Waals surface area contributed by atoms with Crippen molar-refractivity contribution in [1.82, 2.24) is 10.2 Å². The van der Waals surface area contributed by atoms with E-state index >= 15 is 0 Å². The number of imide groups is 1. The molecule has 1 aromatic carbocycles. The molecule has 1 saturated heterocycles. The van der Waals surface area contributed by atoms with Crippen LogP contribution in [0.2, 0.25) is 0 Å². The lowest BCUT2D eigenvalue weighted by Crippen LogP contribution is -2.53. The Morgan fingerprint density at radius 1 is 1.11 bits per heavy atom. The van der Waals surface area contributed by atoms with Gasteiger partial charge >= 0.3 is 5.97 Å². The third-order valence-corrected chi connectivity index (χ3v) is 6.17. The molecule has 146 valence electrons. The van der Waals surface area contributed by atoms with Gasteiger partial charge in [-0.3, -0.25) is 19.3 Å². The third kappa shape index (κ3) is 2.91. The summed E-state index contributed by atoms with van der Waals surface area (Å²) < 4.78 is 0. The number of nitrogens with zero attached hydrogens (tertiary/aromatic N) is 1. The Kier molecular flexibility index (Phi) is 4.53.